The third-order valence-corrected chi connectivity index (χ3v) is 4.64. The lowest BCUT2D eigenvalue weighted by Crippen LogP contribution is -2.14. The summed E-state index contributed by atoms with van der Waals surface area (Å²) in [6.45, 7) is 1.86. The Kier molecular flexibility index (Phi) is 5.43. The number of hydrogen-bond acceptors (Lipinski definition) is 3. The molecule has 0 atom stereocenters. The van der Waals surface area contributed by atoms with Crippen LogP contribution < -0.4 is 5.32 Å². The number of rotatable bonds is 5. The van der Waals surface area contributed by atoms with Crippen LogP contribution in [0.2, 0.25) is 0 Å². The number of carbonyl (C=O) groups excluding carboxylic acids is 1. The molecule has 0 spiro atoms. The number of hydrogen-bond donors (Lipinski definition) is 1. The van der Waals surface area contributed by atoms with Crippen LogP contribution in [0.4, 0.5) is 5.69 Å². The van der Waals surface area contributed by atoms with Crippen molar-refractivity contribution in [3.8, 4) is 22.4 Å². The molecule has 0 aliphatic heterocycles. The fourth-order valence-electron chi connectivity index (χ4n) is 3.21. The van der Waals surface area contributed by atoms with Crippen LogP contribution in [0.15, 0.2) is 91.1 Å². The number of aromatic nitrogens is 2. The van der Waals surface area contributed by atoms with Crippen LogP contribution in [0.25, 0.3) is 22.4 Å². The van der Waals surface area contributed by atoms with Gasteiger partial charge in [-0.3, -0.25) is 4.79 Å². The van der Waals surface area contributed by atoms with Crippen LogP contribution in [-0.4, -0.2) is 15.9 Å². The molecule has 1 N–H and O–H groups in total. The van der Waals surface area contributed by atoms with Gasteiger partial charge in [-0.05, 0) is 41.8 Å². The lowest BCUT2D eigenvalue weighted by atomic mass is 10.0. The molecule has 4 rings (SSSR count). The monoisotopic (exact) mass is 379 g/mol. The van der Waals surface area contributed by atoms with Gasteiger partial charge in [-0.15, -0.1) is 0 Å². The molecule has 0 aliphatic carbocycles. The van der Waals surface area contributed by atoms with Crippen LogP contribution in [0.3, 0.4) is 0 Å². The lowest BCUT2D eigenvalue weighted by molar-refractivity contribution is -0.115. The average Bonchev–Trinajstić information content (AvgIpc) is 2.75. The second-order valence-corrected chi connectivity index (χ2v) is 6.86. The third-order valence-electron chi connectivity index (χ3n) is 4.64. The average molecular weight is 379 g/mol. The first-order valence-corrected chi connectivity index (χ1v) is 9.52. The number of nitrogens with one attached hydrogen (secondary N) is 1. The molecule has 1 aromatic heterocycles. The van der Waals surface area contributed by atoms with Crippen LogP contribution in [0.5, 0.6) is 0 Å². The topological polar surface area (TPSA) is 54.9 Å². The van der Waals surface area contributed by atoms with Crippen LogP contribution in [0, 0.1) is 6.92 Å². The molecule has 3 aromatic carbocycles. The van der Waals surface area contributed by atoms with Gasteiger partial charge in [0.2, 0.25) is 5.91 Å². The molecule has 4 aromatic rings. The normalized spacial score (nSPS) is 10.5. The van der Waals surface area contributed by atoms with Crippen molar-refractivity contribution in [2.45, 2.75) is 13.3 Å². The number of amides is 1. The van der Waals surface area contributed by atoms with Crippen molar-refractivity contribution in [3.63, 3.8) is 0 Å². The maximum absolute atomic E-state index is 12.5. The first kappa shape index (κ1) is 18.6. The van der Waals surface area contributed by atoms with Gasteiger partial charge in [0.15, 0.2) is 0 Å². The summed E-state index contributed by atoms with van der Waals surface area (Å²) in [5, 5.41) is 2.98. The molecule has 1 heterocycles. The number of nitrogens with zero attached hydrogens (tertiary/aromatic N) is 2. The molecule has 29 heavy (non-hydrogen) atoms. The standard InChI is InChI=1S/C25H21N3O/c1-18-26-15-14-24(27-18)22-8-5-9-23(17-22)28-25(29)16-19-10-12-21(13-11-19)20-6-3-2-4-7-20/h2-15,17H,16H2,1H3,(H,28,29). The maximum atomic E-state index is 12.5. The van der Waals surface area contributed by atoms with E-state index in [1.165, 1.54) is 5.56 Å². The van der Waals surface area contributed by atoms with Gasteiger partial charge >= 0.3 is 0 Å². The van der Waals surface area contributed by atoms with E-state index in [1.54, 1.807) is 6.20 Å². The van der Waals surface area contributed by atoms with Crippen LogP contribution in [-0.2, 0) is 11.2 Å². The Labute approximate surface area is 170 Å². The second kappa shape index (κ2) is 8.48. The quantitative estimate of drug-likeness (QED) is 0.512. The van der Waals surface area contributed by atoms with Gasteiger partial charge in [0.05, 0.1) is 12.1 Å². The third kappa shape index (κ3) is 4.74. The maximum Gasteiger partial charge on any atom is 0.228 e. The predicted molar refractivity (Wildman–Crippen MR) is 116 cm³/mol. The van der Waals surface area contributed by atoms with Gasteiger partial charge in [0.1, 0.15) is 5.82 Å². The number of carbonyl (C=O) groups is 1. The van der Waals surface area contributed by atoms with Gasteiger partial charge in [0, 0.05) is 17.4 Å². The SMILES string of the molecule is Cc1nccc(-c2cccc(NC(=O)Cc3ccc(-c4ccccc4)cc3)c2)n1. The van der Waals surface area contributed by atoms with Crippen molar-refractivity contribution in [3.05, 3.63) is 103 Å². The van der Waals surface area contributed by atoms with Gasteiger partial charge in [-0.25, -0.2) is 9.97 Å². The highest BCUT2D eigenvalue weighted by atomic mass is 16.1. The van der Waals surface area contributed by atoms with Crippen molar-refractivity contribution >= 4 is 11.6 Å². The molecule has 0 fully saturated rings. The lowest BCUT2D eigenvalue weighted by Gasteiger charge is -2.08. The molecule has 4 heteroatoms. The fourth-order valence-corrected chi connectivity index (χ4v) is 3.21. The molecule has 0 unspecified atom stereocenters. The number of aryl methyl sites for hydroxylation is 1. The summed E-state index contributed by atoms with van der Waals surface area (Å²) in [5.41, 5.74) is 5.82. The molecule has 1 amide bonds. The van der Waals surface area contributed by atoms with Gasteiger partial charge in [-0.2, -0.15) is 0 Å². The van der Waals surface area contributed by atoms with Crippen LogP contribution in [0.1, 0.15) is 11.4 Å². The summed E-state index contributed by atoms with van der Waals surface area (Å²) in [5.74, 6) is 0.671. The Morgan fingerprint density at radius 3 is 2.31 bits per heavy atom. The van der Waals surface area contributed by atoms with E-state index >= 15 is 0 Å². The molecule has 142 valence electrons. The van der Waals surface area contributed by atoms with E-state index in [2.05, 4.69) is 39.6 Å². The second-order valence-electron chi connectivity index (χ2n) is 6.86. The first-order valence-electron chi connectivity index (χ1n) is 9.52. The highest BCUT2D eigenvalue weighted by molar-refractivity contribution is 5.93. The van der Waals surface area contributed by atoms with Gasteiger partial charge in [0.25, 0.3) is 0 Å². The highest BCUT2D eigenvalue weighted by Crippen LogP contribution is 2.22. The fraction of sp³-hybridized carbons (Fsp3) is 0.0800. The molecule has 4 nitrogen and oxygen atoms in total. The Balaban J connectivity index is 1.43. The Morgan fingerprint density at radius 1 is 0.828 bits per heavy atom. The van der Waals surface area contributed by atoms with Crippen molar-refractivity contribution in [2.24, 2.45) is 0 Å². The predicted octanol–water partition coefficient (Wildman–Crippen LogP) is 5.30. The number of benzene rings is 3. The van der Waals surface area contributed by atoms with Crippen molar-refractivity contribution in [2.75, 3.05) is 5.32 Å². The van der Waals surface area contributed by atoms with E-state index in [-0.39, 0.29) is 5.91 Å². The van der Waals surface area contributed by atoms with E-state index in [1.807, 2.05) is 67.6 Å². The summed E-state index contributed by atoms with van der Waals surface area (Å²) < 4.78 is 0. The zero-order valence-corrected chi connectivity index (χ0v) is 16.2. The van der Waals surface area contributed by atoms with E-state index in [0.717, 1.165) is 33.9 Å². The summed E-state index contributed by atoms with van der Waals surface area (Å²) in [6.07, 6.45) is 2.06. The van der Waals surface area contributed by atoms with E-state index in [9.17, 15) is 4.79 Å². The zero-order valence-electron chi connectivity index (χ0n) is 16.2. The highest BCUT2D eigenvalue weighted by Gasteiger charge is 2.07. The molecule has 0 aliphatic rings. The minimum absolute atomic E-state index is 0.0477. The largest absolute Gasteiger partial charge is 0.326 e. The molecule has 0 saturated carbocycles. The van der Waals surface area contributed by atoms with Crippen molar-refractivity contribution < 1.29 is 4.79 Å². The summed E-state index contributed by atoms with van der Waals surface area (Å²) in [7, 11) is 0. The smallest absolute Gasteiger partial charge is 0.228 e. The molecular weight excluding hydrogens is 358 g/mol. The van der Waals surface area contributed by atoms with E-state index < -0.39 is 0 Å². The minimum Gasteiger partial charge on any atom is -0.326 e. The van der Waals surface area contributed by atoms with Crippen LogP contribution >= 0.6 is 0 Å². The van der Waals surface area contributed by atoms with E-state index in [0.29, 0.717) is 6.42 Å². The Bertz CT molecular complexity index is 1120. The Morgan fingerprint density at radius 2 is 1.55 bits per heavy atom. The zero-order chi connectivity index (χ0) is 20.1. The Hall–Kier alpha value is -3.79. The summed E-state index contributed by atoms with van der Waals surface area (Å²) >= 11 is 0. The van der Waals surface area contributed by atoms with Crippen molar-refractivity contribution in [1.29, 1.82) is 0 Å². The first-order chi connectivity index (χ1) is 14.2. The van der Waals surface area contributed by atoms with E-state index in [4.69, 9.17) is 0 Å². The molecule has 0 radical (unpaired) electrons. The molecule has 0 saturated heterocycles. The number of anilines is 1. The minimum atomic E-state index is -0.0477. The van der Waals surface area contributed by atoms with Gasteiger partial charge in [-0.1, -0.05) is 66.7 Å². The van der Waals surface area contributed by atoms with Crippen molar-refractivity contribution in [1.82, 2.24) is 9.97 Å². The summed E-state index contributed by atoms with van der Waals surface area (Å²) in [4.78, 5) is 21.1. The molecule has 0 bridgehead atoms. The molecular formula is C25H21N3O. The summed E-state index contributed by atoms with van der Waals surface area (Å²) in [6, 6.07) is 27.9. The van der Waals surface area contributed by atoms with Gasteiger partial charge < -0.3 is 5.32 Å².